The van der Waals surface area contributed by atoms with Crippen molar-refractivity contribution < 1.29 is 8.42 Å². The predicted molar refractivity (Wildman–Crippen MR) is 83.7 cm³/mol. The molecule has 0 heterocycles. The second kappa shape index (κ2) is 6.89. The standard InChI is InChI=1S/C14H22N2O2S.ClH/c1-10(2)12-4-3-5-13(8-12)19(17,18)16-14(9-15)11-6-7-11;/h3-5,8,10-11,14,16H,6-7,9,15H2,1-2H3;1H. The molecule has 1 fully saturated rings. The highest BCUT2D eigenvalue weighted by Crippen LogP contribution is 2.33. The van der Waals surface area contributed by atoms with Crippen LogP contribution in [0.25, 0.3) is 0 Å². The average molecular weight is 319 g/mol. The summed E-state index contributed by atoms with van der Waals surface area (Å²) in [4.78, 5) is 0.331. The van der Waals surface area contributed by atoms with Crippen LogP contribution in [0, 0.1) is 5.92 Å². The van der Waals surface area contributed by atoms with Gasteiger partial charge >= 0.3 is 0 Å². The maximum atomic E-state index is 12.3. The molecule has 0 aliphatic heterocycles. The van der Waals surface area contributed by atoms with Crippen LogP contribution in [-0.4, -0.2) is 21.0 Å². The lowest BCUT2D eigenvalue weighted by atomic mass is 10.0. The van der Waals surface area contributed by atoms with E-state index < -0.39 is 10.0 Å². The number of benzene rings is 1. The monoisotopic (exact) mass is 318 g/mol. The highest BCUT2D eigenvalue weighted by Gasteiger charge is 2.33. The van der Waals surface area contributed by atoms with Crippen molar-refractivity contribution in [3.63, 3.8) is 0 Å². The Morgan fingerprint density at radius 3 is 2.50 bits per heavy atom. The third-order valence-corrected chi connectivity index (χ3v) is 5.07. The number of hydrogen-bond donors (Lipinski definition) is 2. The van der Waals surface area contributed by atoms with E-state index in [-0.39, 0.29) is 18.4 Å². The summed E-state index contributed by atoms with van der Waals surface area (Å²) in [7, 11) is -3.46. The van der Waals surface area contributed by atoms with Gasteiger partial charge in [0.05, 0.1) is 4.90 Å². The molecule has 4 nitrogen and oxygen atoms in total. The second-order valence-corrected chi connectivity index (χ2v) is 7.24. The predicted octanol–water partition coefficient (Wildman–Crippen LogP) is 2.25. The van der Waals surface area contributed by atoms with E-state index >= 15 is 0 Å². The molecule has 0 radical (unpaired) electrons. The lowest BCUT2D eigenvalue weighted by Crippen LogP contribution is -2.41. The van der Waals surface area contributed by atoms with E-state index in [9.17, 15) is 8.42 Å². The van der Waals surface area contributed by atoms with Crippen LogP contribution >= 0.6 is 12.4 Å². The Bertz CT molecular complexity index is 542. The smallest absolute Gasteiger partial charge is 0.240 e. The SMILES string of the molecule is CC(C)c1cccc(S(=O)(=O)NC(CN)C2CC2)c1.Cl. The van der Waals surface area contributed by atoms with Gasteiger partial charge in [-0.3, -0.25) is 0 Å². The van der Waals surface area contributed by atoms with Crippen molar-refractivity contribution in [2.75, 3.05) is 6.54 Å². The van der Waals surface area contributed by atoms with Crippen LogP contribution in [0.4, 0.5) is 0 Å². The maximum absolute atomic E-state index is 12.3. The number of nitrogens with two attached hydrogens (primary N) is 1. The second-order valence-electron chi connectivity index (χ2n) is 5.53. The Morgan fingerprint density at radius 1 is 1.35 bits per heavy atom. The minimum atomic E-state index is -3.46. The number of halogens is 1. The van der Waals surface area contributed by atoms with Crippen LogP contribution in [0.15, 0.2) is 29.2 Å². The Hall–Kier alpha value is -0.620. The Morgan fingerprint density at radius 2 is 2.00 bits per heavy atom. The van der Waals surface area contributed by atoms with Gasteiger partial charge in [0.2, 0.25) is 10.0 Å². The molecule has 0 saturated heterocycles. The van der Waals surface area contributed by atoms with E-state index in [1.807, 2.05) is 19.9 Å². The van der Waals surface area contributed by atoms with E-state index in [1.165, 1.54) is 0 Å². The summed E-state index contributed by atoms with van der Waals surface area (Å²) in [6.45, 7) is 4.45. The van der Waals surface area contributed by atoms with Gasteiger partial charge in [-0.1, -0.05) is 26.0 Å². The molecule has 1 atom stereocenters. The highest BCUT2D eigenvalue weighted by molar-refractivity contribution is 7.89. The van der Waals surface area contributed by atoms with Crippen LogP contribution in [0.1, 0.15) is 38.2 Å². The van der Waals surface area contributed by atoms with E-state index in [0.717, 1.165) is 18.4 Å². The van der Waals surface area contributed by atoms with E-state index in [0.29, 0.717) is 23.3 Å². The molecule has 1 unspecified atom stereocenters. The zero-order valence-electron chi connectivity index (χ0n) is 11.9. The Labute approximate surface area is 127 Å². The zero-order chi connectivity index (χ0) is 14.0. The maximum Gasteiger partial charge on any atom is 0.240 e. The van der Waals surface area contributed by atoms with Gasteiger partial charge in [-0.15, -0.1) is 12.4 Å². The lowest BCUT2D eigenvalue weighted by Gasteiger charge is -2.17. The van der Waals surface area contributed by atoms with E-state index in [1.54, 1.807) is 18.2 Å². The summed E-state index contributed by atoms with van der Waals surface area (Å²) in [6.07, 6.45) is 2.13. The molecule has 0 amide bonds. The fraction of sp³-hybridized carbons (Fsp3) is 0.571. The van der Waals surface area contributed by atoms with Gasteiger partial charge in [0, 0.05) is 12.6 Å². The molecular weight excluding hydrogens is 296 g/mol. The average Bonchev–Trinajstić information content (AvgIpc) is 3.20. The highest BCUT2D eigenvalue weighted by atomic mass is 35.5. The molecule has 6 heteroatoms. The molecule has 20 heavy (non-hydrogen) atoms. The van der Waals surface area contributed by atoms with Gasteiger partial charge < -0.3 is 5.73 Å². The Balaban J connectivity index is 0.00000200. The number of sulfonamides is 1. The lowest BCUT2D eigenvalue weighted by molar-refractivity contribution is 0.519. The molecular formula is C14H23ClN2O2S. The van der Waals surface area contributed by atoms with Gasteiger partial charge in [0.25, 0.3) is 0 Å². The first-order valence-corrected chi connectivity index (χ1v) is 8.24. The molecule has 1 aliphatic carbocycles. The van der Waals surface area contributed by atoms with Crippen LogP contribution in [-0.2, 0) is 10.0 Å². The van der Waals surface area contributed by atoms with Crippen LogP contribution in [0.3, 0.4) is 0 Å². The molecule has 0 bridgehead atoms. The number of nitrogens with one attached hydrogen (secondary N) is 1. The summed E-state index contributed by atoms with van der Waals surface area (Å²) in [5.41, 5.74) is 6.68. The van der Waals surface area contributed by atoms with E-state index in [4.69, 9.17) is 5.73 Å². The molecule has 114 valence electrons. The van der Waals surface area contributed by atoms with Crippen molar-refractivity contribution in [2.45, 2.75) is 43.5 Å². The fourth-order valence-corrected chi connectivity index (χ4v) is 3.52. The van der Waals surface area contributed by atoms with Gasteiger partial charge in [-0.05, 0) is 42.4 Å². The number of rotatable bonds is 6. The van der Waals surface area contributed by atoms with Crippen LogP contribution in [0.2, 0.25) is 0 Å². The summed E-state index contributed by atoms with van der Waals surface area (Å²) in [6, 6.07) is 6.98. The van der Waals surface area contributed by atoms with Gasteiger partial charge in [-0.25, -0.2) is 13.1 Å². The minimum absolute atomic E-state index is 0. The normalized spacial score (nSPS) is 16.8. The molecule has 1 aromatic rings. The van der Waals surface area contributed by atoms with Crippen LogP contribution < -0.4 is 10.5 Å². The minimum Gasteiger partial charge on any atom is -0.329 e. The molecule has 2 rings (SSSR count). The van der Waals surface area contributed by atoms with Crippen molar-refractivity contribution in [1.82, 2.24) is 4.72 Å². The van der Waals surface area contributed by atoms with Gasteiger partial charge in [-0.2, -0.15) is 0 Å². The molecule has 3 N–H and O–H groups in total. The first kappa shape index (κ1) is 17.4. The van der Waals surface area contributed by atoms with E-state index in [2.05, 4.69) is 4.72 Å². The first-order valence-electron chi connectivity index (χ1n) is 6.76. The van der Waals surface area contributed by atoms with Gasteiger partial charge in [0.15, 0.2) is 0 Å². The molecule has 1 aliphatic rings. The fourth-order valence-electron chi connectivity index (χ4n) is 2.14. The third-order valence-electron chi connectivity index (χ3n) is 3.59. The first-order chi connectivity index (χ1) is 8.94. The van der Waals surface area contributed by atoms with Gasteiger partial charge in [0.1, 0.15) is 0 Å². The largest absolute Gasteiger partial charge is 0.329 e. The summed E-state index contributed by atoms with van der Waals surface area (Å²) >= 11 is 0. The topological polar surface area (TPSA) is 72.2 Å². The molecule has 0 aromatic heterocycles. The van der Waals surface area contributed by atoms with Crippen molar-refractivity contribution in [3.8, 4) is 0 Å². The van der Waals surface area contributed by atoms with Crippen molar-refractivity contribution in [2.24, 2.45) is 11.7 Å². The molecule has 0 spiro atoms. The van der Waals surface area contributed by atoms with Crippen molar-refractivity contribution >= 4 is 22.4 Å². The van der Waals surface area contributed by atoms with Crippen molar-refractivity contribution in [1.29, 1.82) is 0 Å². The van der Waals surface area contributed by atoms with Crippen LogP contribution in [0.5, 0.6) is 0 Å². The Kier molecular flexibility index (Phi) is 6.01. The summed E-state index contributed by atoms with van der Waals surface area (Å²) in [5, 5.41) is 0. The van der Waals surface area contributed by atoms with Crippen molar-refractivity contribution in [3.05, 3.63) is 29.8 Å². The third kappa shape index (κ3) is 4.19. The summed E-state index contributed by atoms with van der Waals surface area (Å²) in [5.74, 6) is 0.719. The molecule has 1 aromatic carbocycles. The summed E-state index contributed by atoms with van der Waals surface area (Å²) < 4.78 is 27.4. The quantitative estimate of drug-likeness (QED) is 0.845. The zero-order valence-corrected chi connectivity index (χ0v) is 13.5. The molecule has 1 saturated carbocycles. The number of hydrogen-bond acceptors (Lipinski definition) is 3.